The van der Waals surface area contributed by atoms with Crippen LogP contribution in [0.5, 0.6) is 5.75 Å². The Morgan fingerprint density at radius 3 is 2.60 bits per heavy atom. The number of hydrogen-bond acceptors (Lipinski definition) is 3. The molecule has 1 heterocycles. The van der Waals surface area contributed by atoms with Crippen molar-refractivity contribution in [3.8, 4) is 5.75 Å². The molecule has 0 saturated carbocycles. The molecule has 0 saturated heterocycles. The van der Waals surface area contributed by atoms with Crippen LogP contribution in [0.2, 0.25) is 0 Å². The molecule has 0 fully saturated rings. The first-order valence-corrected chi connectivity index (χ1v) is 7.58. The molecule has 106 valence electrons. The van der Waals surface area contributed by atoms with Gasteiger partial charge in [0.1, 0.15) is 5.75 Å². The number of amides is 1. The summed E-state index contributed by atoms with van der Waals surface area (Å²) in [6, 6.07) is 9.88. The molecular formula is C16H19NO2S. The van der Waals surface area contributed by atoms with E-state index in [0.29, 0.717) is 6.54 Å². The lowest BCUT2D eigenvalue weighted by atomic mass is 10.2. The number of nitrogens with one attached hydrogen (secondary N) is 1. The van der Waals surface area contributed by atoms with Crippen LogP contribution in [-0.2, 0) is 17.8 Å². The molecule has 0 bridgehead atoms. The lowest BCUT2D eigenvalue weighted by molar-refractivity contribution is -0.123. The number of hydrogen-bond donors (Lipinski definition) is 1. The fourth-order valence-corrected chi connectivity index (χ4v) is 2.63. The number of benzene rings is 1. The summed E-state index contributed by atoms with van der Waals surface area (Å²) >= 11 is 1.65. The van der Waals surface area contributed by atoms with Crippen LogP contribution < -0.4 is 10.1 Å². The third-order valence-electron chi connectivity index (χ3n) is 3.12. The van der Waals surface area contributed by atoms with E-state index in [4.69, 9.17) is 4.74 Å². The number of ether oxygens (including phenoxy) is 1. The molecule has 0 aliphatic rings. The molecule has 0 aliphatic heterocycles. The van der Waals surface area contributed by atoms with Crippen molar-refractivity contribution in [3.05, 3.63) is 51.7 Å². The molecule has 2 rings (SSSR count). The first-order valence-electron chi connectivity index (χ1n) is 6.70. The molecule has 0 spiro atoms. The Morgan fingerprint density at radius 1 is 1.25 bits per heavy atom. The molecule has 3 nitrogen and oxygen atoms in total. The van der Waals surface area contributed by atoms with E-state index in [1.54, 1.807) is 11.3 Å². The second kappa shape index (κ2) is 7.10. The maximum Gasteiger partial charge on any atom is 0.258 e. The maximum absolute atomic E-state index is 11.7. The Kier molecular flexibility index (Phi) is 5.18. The summed E-state index contributed by atoms with van der Waals surface area (Å²) in [5.41, 5.74) is 2.47. The first kappa shape index (κ1) is 14.6. The molecule has 1 amide bonds. The number of thiophene rings is 1. The Hall–Kier alpha value is -1.81. The third kappa shape index (κ3) is 4.10. The Bertz CT molecular complexity index is 560. The second-order valence-corrected chi connectivity index (χ2v) is 5.59. The zero-order valence-electron chi connectivity index (χ0n) is 11.8. The van der Waals surface area contributed by atoms with Crippen LogP contribution in [0.4, 0.5) is 0 Å². The fourth-order valence-electron chi connectivity index (χ4n) is 1.79. The van der Waals surface area contributed by atoms with Crippen molar-refractivity contribution in [2.75, 3.05) is 6.61 Å². The largest absolute Gasteiger partial charge is 0.484 e. The minimum Gasteiger partial charge on any atom is -0.484 e. The van der Waals surface area contributed by atoms with E-state index in [9.17, 15) is 4.79 Å². The Morgan fingerprint density at radius 2 is 2.00 bits per heavy atom. The van der Waals surface area contributed by atoms with Gasteiger partial charge in [0.05, 0.1) is 6.54 Å². The predicted molar refractivity (Wildman–Crippen MR) is 82.2 cm³/mol. The molecular weight excluding hydrogens is 270 g/mol. The molecule has 1 N–H and O–H groups in total. The van der Waals surface area contributed by atoms with Crippen molar-refractivity contribution in [2.24, 2.45) is 0 Å². The standard InChI is InChI=1S/C16H19NO2S/c1-3-13-4-6-14(7-5-13)19-11-16(18)17-10-15-12(2)8-9-20-15/h4-9H,3,10-11H2,1-2H3,(H,17,18). The van der Waals surface area contributed by atoms with E-state index in [2.05, 4.69) is 18.3 Å². The van der Waals surface area contributed by atoms with Gasteiger partial charge < -0.3 is 10.1 Å². The lowest BCUT2D eigenvalue weighted by Gasteiger charge is -2.07. The first-order chi connectivity index (χ1) is 9.69. The van der Waals surface area contributed by atoms with Gasteiger partial charge in [-0.05, 0) is 48.1 Å². The molecule has 4 heteroatoms. The van der Waals surface area contributed by atoms with Crippen LogP contribution in [0, 0.1) is 6.92 Å². The van der Waals surface area contributed by atoms with E-state index in [-0.39, 0.29) is 12.5 Å². The van der Waals surface area contributed by atoms with Crippen molar-refractivity contribution in [1.29, 1.82) is 0 Å². The zero-order valence-corrected chi connectivity index (χ0v) is 12.6. The zero-order chi connectivity index (χ0) is 14.4. The summed E-state index contributed by atoms with van der Waals surface area (Å²) in [4.78, 5) is 12.9. The highest BCUT2D eigenvalue weighted by Gasteiger charge is 2.05. The van der Waals surface area contributed by atoms with E-state index in [1.807, 2.05) is 36.6 Å². The molecule has 0 unspecified atom stereocenters. The summed E-state index contributed by atoms with van der Waals surface area (Å²) in [5.74, 6) is 0.627. The highest BCUT2D eigenvalue weighted by atomic mass is 32.1. The van der Waals surface area contributed by atoms with Crippen molar-refractivity contribution >= 4 is 17.2 Å². The van der Waals surface area contributed by atoms with E-state index in [1.165, 1.54) is 16.0 Å². The normalized spacial score (nSPS) is 10.3. The minimum atomic E-state index is -0.0997. The summed E-state index contributed by atoms with van der Waals surface area (Å²) in [5, 5.41) is 4.90. The number of carbonyl (C=O) groups excluding carboxylic acids is 1. The van der Waals surface area contributed by atoms with Crippen molar-refractivity contribution in [3.63, 3.8) is 0 Å². The highest BCUT2D eigenvalue weighted by molar-refractivity contribution is 7.10. The van der Waals surface area contributed by atoms with Gasteiger partial charge in [0.2, 0.25) is 0 Å². The monoisotopic (exact) mass is 289 g/mol. The number of aryl methyl sites for hydroxylation is 2. The predicted octanol–water partition coefficient (Wildman–Crippen LogP) is 3.31. The summed E-state index contributed by atoms with van der Waals surface area (Å²) in [6.45, 7) is 4.77. The smallest absolute Gasteiger partial charge is 0.258 e. The second-order valence-electron chi connectivity index (χ2n) is 4.59. The average molecular weight is 289 g/mol. The topological polar surface area (TPSA) is 38.3 Å². The summed E-state index contributed by atoms with van der Waals surface area (Å²) in [6.07, 6.45) is 1.00. The number of rotatable bonds is 6. The van der Waals surface area contributed by atoms with Gasteiger partial charge in [-0.25, -0.2) is 0 Å². The van der Waals surface area contributed by atoms with E-state index in [0.717, 1.165) is 12.2 Å². The van der Waals surface area contributed by atoms with E-state index < -0.39 is 0 Å². The quantitative estimate of drug-likeness (QED) is 0.886. The van der Waals surface area contributed by atoms with Crippen LogP contribution in [-0.4, -0.2) is 12.5 Å². The van der Waals surface area contributed by atoms with Crippen LogP contribution in [0.1, 0.15) is 22.9 Å². The molecule has 20 heavy (non-hydrogen) atoms. The Labute approximate surface area is 123 Å². The molecule has 0 aliphatic carbocycles. The molecule has 2 aromatic rings. The van der Waals surface area contributed by atoms with Gasteiger partial charge >= 0.3 is 0 Å². The van der Waals surface area contributed by atoms with Crippen LogP contribution in [0.25, 0.3) is 0 Å². The molecule has 0 atom stereocenters. The highest BCUT2D eigenvalue weighted by Crippen LogP contribution is 2.15. The minimum absolute atomic E-state index is 0.0515. The van der Waals surface area contributed by atoms with Gasteiger partial charge in [-0.1, -0.05) is 19.1 Å². The van der Waals surface area contributed by atoms with Crippen LogP contribution in [0.15, 0.2) is 35.7 Å². The molecule has 1 aromatic heterocycles. The maximum atomic E-state index is 11.7. The Balaban J connectivity index is 1.75. The van der Waals surface area contributed by atoms with E-state index >= 15 is 0 Å². The third-order valence-corrected chi connectivity index (χ3v) is 4.14. The van der Waals surface area contributed by atoms with Crippen LogP contribution in [0.3, 0.4) is 0 Å². The van der Waals surface area contributed by atoms with Gasteiger partial charge in [-0.3, -0.25) is 4.79 Å². The van der Waals surface area contributed by atoms with Gasteiger partial charge in [-0.15, -0.1) is 11.3 Å². The van der Waals surface area contributed by atoms with Gasteiger partial charge in [0.25, 0.3) is 5.91 Å². The van der Waals surface area contributed by atoms with Crippen LogP contribution >= 0.6 is 11.3 Å². The van der Waals surface area contributed by atoms with Crippen molar-refractivity contribution < 1.29 is 9.53 Å². The summed E-state index contributed by atoms with van der Waals surface area (Å²) < 4.78 is 5.46. The van der Waals surface area contributed by atoms with Gasteiger partial charge in [0.15, 0.2) is 6.61 Å². The molecule has 1 aromatic carbocycles. The summed E-state index contributed by atoms with van der Waals surface area (Å²) in [7, 11) is 0. The van der Waals surface area contributed by atoms with Crippen molar-refractivity contribution in [2.45, 2.75) is 26.8 Å². The van der Waals surface area contributed by atoms with Crippen molar-refractivity contribution in [1.82, 2.24) is 5.32 Å². The van der Waals surface area contributed by atoms with Gasteiger partial charge in [-0.2, -0.15) is 0 Å². The SMILES string of the molecule is CCc1ccc(OCC(=O)NCc2sccc2C)cc1. The molecule has 0 radical (unpaired) electrons. The van der Waals surface area contributed by atoms with Gasteiger partial charge in [0, 0.05) is 4.88 Å². The fraction of sp³-hybridized carbons (Fsp3) is 0.312. The lowest BCUT2D eigenvalue weighted by Crippen LogP contribution is -2.28. The average Bonchev–Trinajstić information content (AvgIpc) is 2.89. The number of carbonyl (C=O) groups is 1.